The Kier molecular flexibility index (Phi) is 3.33. The summed E-state index contributed by atoms with van der Waals surface area (Å²) in [4.78, 5) is 10.6. The largest absolute Gasteiger partial charge is 0.478 e. The van der Waals surface area contributed by atoms with Gasteiger partial charge in [0.25, 0.3) is 0 Å². The van der Waals surface area contributed by atoms with Crippen molar-refractivity contribution in [3.05, 3.63) is 59.4 Å². The van der Waals surface area contributed by atoms with Crippen LogP contribution in [0, 0.1) is 13.8 Å². The van der Waals surface area contributed by atoms with Gasteiger partial charge in [0.05, 0.1) is 0 Å². The third kappa shape index (κ3) is 2.35. The van der Waals surface area contributed by atoms with E-state index in [2.05, 4.69) is 4.57 Å². The molecule has 1 aromatic heterocycles. The van der Waals surface area contributed by atoms with E-state index in [1.165, 1.54) is 0 Å². The molecule has 0 saturated heterocycles. The standard InChI is InChI=1S/C15H15NO2/c1-11-10-13(8-9-15(17)18)12(2)16(11)14-6-4-3-5-7-14/h3-10H,1-2H3,(H,17,18). The number of aromatic nitrogens is 1. The molecular weight excluding hydrogens is 226 g/mol. The van der Waals surface area contributed by atoms with Gasteiger partial charge in [0, 0.05) is 23.2 Å². The molecule has 0 amide bonds. The van der Waals surface area contributed by atoms with Crippen LogP contribution in [0.15, 0.2) is 42.5 Å². The van der Waals surface area contributed by atoms with E-state index >= 15 is 0 Å². The van der Waals surface area contributed by atoms with E-state index in [-0.39, 0.29) is 0 Å². The Morgan fingerprint density at radius 3 is 2.50 bits per heavy atom. The molecule has 1 N–H and O–H groups in total. The van der Waals surface area contributed by atoms with Crippen molar-refractivity contribution in [2.24, 2.45) is 0 Å². The smallest absolute Gasteiger partial charge is 0.328 e. The first-order valence-corrected chi connectivity index (χ1v) is 5.75. The molecule has 0 aliphatic rings. The summed E-state index contributed by atoms with van der Waals surface area (Å²) in [6.07, 6.45) is 2.79. The van der Waals surface area contributed by atoms with E-state index in [1.54, 1.807) is 6.08 Å². The number of carbonyl (C=O) groups is 1. The summed E-state index contributed by atoms with van der Waals surface area (Å²) in [5, 5.41) is 8.67. The molecular formula is C15H15NO2. The van der Waals surface area contributed by atoms with Crippen LogP contribution in [-0.2, 0) is 4.79 Å². The van der Waals surface area contributed by atoms with Gasteiger partial charge in [-0.25, -0.2) is 4.79 Å². The number of para-hydroxylation sites is 1. The average Bonchev–Trinajstić information content (AvgIpc) is 2.63. The molecule has 0 unspecified atom stereocenters. The van der Waals surface area contributed by atoms with Gasteiger partial charge in [-0.1, -0.05) is 18.2 Å². The van der Waals surface area contributed by atoms with Crippen LogP contribution in [0.4, 0.5) is 0 Å². The minimum absolute atomic E-state index is 0.929. The summed E-state index contributed by atoms with van der Waals surface area (Å²) < 4.78 is 2.11. The summed E-state index contributed by atoms with van der Waals surface area (Å²) in [6, 6.07) is 12.0. The molecule has 1 heterocycles. The molecule has 0 bridgehead atoms. The number of nitrogens with zero attached hydrogens (tertiary/aromatic N) is 1. The lowest BCUT2D eigenvalue weighted by molar-refractivity contribution is -0.131. The Hall–Kier alpha value is -2.29. The maximum Gasteiger partial charge on any atom is 0.328 e. The molecule has 0 aliphatic heterocycles. The van der Waals surface area contributed by atoms with Gasteiger partial charge in [0.2, 0.25) is 0 Å². The van der Waals surface area contributed by atoms with Crippen molar-refractivity contribution >= 4 is 12.0 Å². The highest BCUT2D eigenvalue weighted by molar-refractivity contribution is 5.85. The normalized spacial score (nSPS) is 11.0. The van der Waals surface area contributed by atoms with Crippen molar-refractivity contribution in [2.45, 2.75) is 13.8 Å². The van der Waals surface area contributed by atoms with Crippen molar-refractivity contribution in [2.75, 3.05) is 0 Å². The number of hydrogen-bond acceptors (Lipinski definition) is 1. The van der Waals surface area contributed by atoms with Gasteiger partial charge in [0.1, 0.15) is 0 Å². The predicted octanol–water partition coefficient (Wildman–Crippen LogP) is 3.19. The van der Waals surface area contributed by atoms with E-state index in [0.29, 0.717) is 0 Å². The molecule has 0 aliphatic carbocycles. The molecule has 0 atom stereocenters. The number of rotatable bonds is 3. The summed E-state index contributed by atoms with van der Waals surface area (Å²) >= 11 is 0. The maximum atomic E-state index is 10.6. The Labute approximate surface area is 106 Å². The minimum Gasteiger partial charge on any atom is -0.478 e. The first-order valence-electron chi connectivity index (χ1n) is 5.75. The van der Waals surface area contributed by atoms with Crippen LogP contribution in [0.1, 0.15) is 17.0 Å². The first-order chi connectivity index (χ1) is 8.59. The van der Waals surface area contributed by atoms with Crippen LogP contribution < -0.4 is 0 Å². The van der Waals surface area contributed by atoms with Crippen molar-refractivity contribution < 1.29 is 9.90 Å². The molecule has 2 rings (SSSR count). The van der Waals surface area contributed by atoms with E-state index in [4.69, 9.17) is 5.11 Å². The van der Waals surface area contributed by atoms with Gasteiger partial charge in [-0.3, -0.25) is 0 Å². The molecule has 0 saturated carbocycles. The average molecular weight is 241 g/mol. The van der Waals surface area contributed by atoms with Gasteiger partial charge in [0.15, 0.2) is 0 Å². The molecule has 2 aromatic rings. The quantitative estimate of drug-likeness (QED) is 0.838. The number of hydrogen-bond donors (Lipinski definition) is 1. The summed E-state index contributed by atoms with van der Waals surface area (Å²) in [5.74, 6) is -0.931. The number of carboxylic acid groups (broad SMARTS) is 1. The Balaban J connectivity index is 2.48. The molecule has 3 heteroatoms. The fourth-order valence-corrected chi connectivity index (χ4v) is 2.09. The zero-order chi connectivity index (χ0) is 13.1. The lowest BCUT2D eigenvalue weighted by atomic mass is 10.2. The van der Waals surface area contributed by atoms with E-state index in [0.717, 1.165) is 28.7 Å². The van der Waals surface area contributed by atoms with Crippen molar-refractivity contribution in [1.29, 1.82) is 0 Å². The van der Waals surface area contributed by atoms with Crippen LogP contribution in [0.3, 0.4) is 0 Å². The lowest BCUT2D eigenvalue weighted by Gasteiger charge is -2.08. The first kappa shape index (κ1) is 12.2. The zero-order valence-corrected chi connectivity index (χ0v) is 10.4. The van der Waals surface area contributed by atoms with Crippen LogP contribution in [0.2, 0.25) is 0 Å². The maximum absolute atomic E-state index is 10.6. The third-order valence-electron chi connectivity index (χ3n) is 2.89. The molecule has 92 valence electrons. The number of aryl methyl sites for hydroxylation is 1. The zero-order valence-electron chi connectivity index (χ0n) is 10.4. The minimum atomic E-state index is -0.931. The number of carboxylic acids is 1. The predicted molar refractivity (Wildman–Crippen MR) is 71.9 cm³/mol. The number of benzene rings is 1. The monoisotopic (exact) mass is 241 g/mol. The summed E-state index contributed by atoms with van der Waals surface area (Å²) in [6.45, 7) is 4.00. The van der Waals surface area contributed by atoms with E-state index in [1.807, 2.05) is 50.2 Å². The molecule has 1 aromatic carbocycles. The molecule has 0 spiro atoms. The highest BCUT2D eigenvalue weighted by Crippen LogP contribution is 2.21. The van der Waals surface area contributed by atoms with Crippen molar-refractivity contribution in [3.8, 4) is 5.69 Å². The SMILES string of the molecule is Cc1cc(C=CC(=O)O)c(C)n1-c1ccccc1. The molecule has 18 heavy (non-hydrogen) atoms. The molecule has 0 fully saturated rings. The van der Waals surface area contributed by atoms with Crippen molar-refractivity contribution in [3.63, 3.8) is 0 Å². The van der Waals surface area contributed by atoms with Gasteiger partial charge in [-0.05, 0) is 43.7 Å². The fourth-order valence-electron chi connectivity index (χ4n) is 2.09. The van der Waals surface area contributed by atoms with Crippen LogP contribution in [0.5, 0.6) is 0 Å². The molecule has 0 radical (unpaired) electrons. The van der Waals surface area contributed by atoms with Gasteiger partial charge >= 0.3 is 5.97 Å². The summed E-state index contributed by atoms with van der Waals surface area (Å²) in [5.41, 5.74) is 4.14. The fraction of sp³-hybridized carbons (Fsp3) is 0.133. The Morgan fingerprint density at radius 2 is 1.89 bits per heavy atom. The second-order valence-corrected chi connectivity index (χ2v) is 4.17. The van der Waals surface area contributed by atoms with Crippen molar-refractivity contribution in [1.82, 2.24) is 4.57 Å². The lowest BCUT2D eigenvalue weighted by Crippen LogP contribution is -1.98. The van der Waals surface area contributed by atoms with E-state index in [9.17, 15) is 4.79 Å². The highest BCUT2D eigenvalue weighted by Gasteiger charge is 2.08. The second kappa shape index (κ2) is 4.92. The van der Waals surface area contributed by atoms with Crippen LogP contribution in [0.25, 0.3) is 11.8 Å². The van der Waals surface area contributed by atoms with Gasteiger partial charge in [-0.15, -0.1) is 0 Å². The summed E-state index contributed by atoms with van der Waals surface area (Å²) in [7, 11) is 0. The van der Waals surface area contributed by atoms with Crippen LogP contribution >= 0.6 is 0 Å². The van der Waals surface area contributed by atoms with E-state index < -0.39 is 5.97 Å². The highest BCUT2D eigenvalue weighted by atomic mass is 16.4. The Morgan fingerprint density at radius 1 is 1.22 bits per heavy atom. The van der Waals surface area contributed by atoms with Crippen LogP contribution in [-0.4, -0.2) is 15.6 Å². The Bertz CT molecular complexity index is 594. The third-order valence-corrected chi connectivity index (χ3v) is 2.89. The number of aliphatic carboxylic acids is 1. The van der Waals surface area contributed by atoms with Gasteiger partial charge < -0.3 is 9.67 Å². The molecule has 3 nitrogen and oxygen atoms in total. The topological polar surface area (TPSA) is 42.2 Å². The van der Waals surface area contributed by atoms with Gasteiger partial charge in [-0.2, -0.15) is 0 Å². The second-order valence-electron chi connectivity index (χ2n) is 4.17.